The quantitative estimate of drug-likeness (QED) is 0.126. The van der Waals surface area contributed by atoms with Crippen LogP contribution in [0.15, 0.2) is 143 Å². The van der Waals surface area contributed by atoms with E-state index in [1.54, 1.807) is 48.5 Å². The lowest BCUT2D eigenvalue weighted by Crippen LogP contribution is -2.10. The van der Waals surface area contributed by atoms with Crippen LogP contribution in [0.4, 0.5) is 11.4 Å². The lowest BCUT2D eigenvalue weighted by atomic mass is 9.96. The van der Waals surface area contributed by atoms with Gasteiger partial charge in [0, 0.05) is 22.3 Å². The van der Waals surface area contributed by atoms with Crippen molar-refractivity contribution in [1.29, 1.82) is 0 Å². The van der Waals surface area contributed by atoms with Crippen LogP contribution in [0.5, 0.6) is 23.0 Å². The molecular formula is C42H22N2O8. The number of fused-ring (bicyclic) bond motifs is 4. The van der Waals surface area contributed by atoms with Crippen LogP contribution in [0.3, 0.4) is 0 Å². The van der Waals surface area contributed by atoms with E-state index in [1.165, 1.54) is 12.1 Å². The smallest absolute Gasteiger partial charge is 0.350 e. The molecule has 0 aliphatic carbocycles. The summed E-state index contributed by atoms with van der Waals surface area (Å²) in [5, 5.41) is 0. The molecule has 0 atom stereocenters. The SMILES string of the molecule is O=C1OC(=O)c2c(Oc3ccc(C4=Nc5ccccc5C(c5ccc(Oc6cccc7c6C(=O)OC7=O)cc5)=Nc5ccccc54)cc3)cccc21. The zero-order chi connectivity index (χ0) is 35.3. The van der Waals surface area contributed by atoms with Gasteiger partial charge in [0.2, 0.25) is 0 Å². The molecule has 3 heterocycles. The Morgan fingerprint density at radius 1 is 0.385 bits per heavy atom. The fourth-order valence-electron chi connectivity index (χ4n) is 6.33. The van der Waals surface area contributed by atoms with Gasteiger partial charge in [-0.2, -0.15) is 0 Å². The number of esters is 4. The van der Waals surface area contributed by atoms with Crippen molar-refractivity contribution in [2.45, 2.75) is 0 Å². The van der Waals surface area contributed by atoms with Crippen LogP contribution in [0.25, 0.3) is 0 Å². The van der Waals surface area contributed by atoms with Gasteiger partial charge in [-0.15, -0.1) is 0 Å². The molecule has 3 aliphatic rings. The molecule has 0 unspecified atom stereocenters. The van der Waals surface area contributed by atoms with Gasteiger partial charge in [-0.25, -0.2) is 29.2 Å². The number of carbonyl (C=O) groups excluding carboxylic acids is 4. The lowest BCUT2D eigenvalue weighted by molar-refractivity contribution is 0.0424. The molecule has 0 spiro atoms. The van der Waals surface area contributed by atoms with Crippen molar-refractivity contribution < 1.29 is 38.1 Å². The highest BCUT2D eigenvalue weighted by Crippen LogP contribution is 2.37. The van der Waals surface area contributed by atoms with Gasteiger partial charge in [0.15, 0.2) is 0 Å². The molecule has 52 heavy (non-hydrogen) atoms. The summed E-state index contributed by atoms with van der Waals surface area (Å²) in [6, 6.07) is 39.7. The minimum atomic E-state index is -0.738. The second-order valence-electron chi connectivity index (χ2n) is 11.9. The van der Waals surface area contributed by atoms with E-state index in [4.69, 9.17) is 28.9 Å². The number of hydrogen-bond acceptors (Lipinski definition) is 10. The van der Waals surface area contributed by atoms with Gasteiger partial charge in [0.1, 0.15) is 34.1 Å². The standard InChI is InChI=1S/C42H22N2O8/c45-39-29-9-5-13-33(35(29)41(47)51-39)49-25-19-15-23(16-20-25)37-27-7-1-3-11-31(27)43-38(28-8-2-4-12-32(28)44-37)24-17-21-26(22-18-24)50-34-14-6-10-30-36(34)42(48)52-40(30)46/h1-22H. The van der Waals surface area contributed by atoms with Crippen molar-refractivity contribution in [2.75, 3.05) is 0 Å². The molecule has 0 N–H and O–H groups in total. The van der Waals surface area contributed by atoms with Gasteiger partial charge in [-0.05, 0) is 84.9 Å². The number of rotatable bonds is 6. The summed E-state index contributed by atoms with van der Waals surface area (Å²) in [6.07, 6.45) is 0. The Balaban J connectivity index is 1.05. The van der Waals surface area contributed by atoms with Crippen LogP contribution in [-0.2, 0) is 9.47 Å². The van der Waals surface area contributed by atoms with E-state index in [-0.39, 0.29) is 33.8 Å². The van der Waals surface area contributed by atoms with E-state index in [1.807, 2.05) is 72.8 Å². The molecule has 10 heteroatoms. The van der Waals surface area contributed by atoms with Crippen molar-refractivity contribution in [1.82, 2.24) is 0 Å². The third kappa shape index (κ3) is 5.22. The zero-order valence-corrected chi connectivity index (χ0v) is 26.9. The number of ether oxygens (including phenoxy) is 4. The predicted molar refractivity (Wildman–Crippen MR) is 189 cm³/mol. The Bertz CT molecular complexity index is 2410. The van der Waals surface area contributed by atoms with Crippen molar-refractivity contribution in [3.05, 3.63) is 178 Å². The van der Waals surface area contributed by atoms with Crippen LogP contribution in [0, 0.1) is 0 Å². The first-order chi connectivity index (χ1) is 25.4. The number of para-hydroxylation sites is 2. The summed E-state index contributed by atoms with van der Waals surface area (Å²) in [7, 11) is 0. The van der Waals surface area contributed by atoms with Crippen LogP contribution in [0.2, 0.25) is 0 Å². The maximum Gasteiger partial charge on any atom is 0.350 e. The average Bonchev–Trinajstić information content (AvgIpc) is 3.63. The van der Waals surface area contributed by atoms with Gasteiger partial charge in [-0.1, -0.05) is 48.5 Å². The Kier molecular flexibility index (Phi) is 7.15. The molecule has 0 radical (unpaired) electrons. The maximum atomic E-state index is 12.3. The van der Waals surface area contributed by atoms with Crippen molar-refractivity contribution in [3.8, 4) is 23.0 Å². The normalized spacial score (nSPS) is 14.1. The van der Waals surface area contributed by atoms with Crippen molar-refractivity contribution >= 4 is 46.7 Å². The van der Waals surface area contributed by atoms with E-state index < -0.39 is 23.9 Å². The van der Waals surface area contributed by atoms with E-state index in [0.717, 1.165) is 22.3 Å². The van der Waals surface area contributed by atoms with E-state index in [2.05, 4.69) is 0 Å². The molecule has 0 saturated carbocycles. The number of carbonyl (C=O) groups is 4. The Morgan fingerprint density at radius 3 is 1.19 bits per heavy atom. The highest BCUT2D eigenvalue weighted by molar-refractivity contribution is 6.23. The summed E-state index contributed by atoms with van der Waals surface area (Å²) >= 11 is 0. The van der Waals surface area contributed by atoms with E-state index >= 15 is 0 Å². The van der Waals surface area contributed by atoms with Crippen molar-refractivity contribution in [2.24, 2.45) is 9.98 Å². The fourth-order valence-corrected chi connectivity index (χ4v) is 6.33. The molecule has 248 valence electrons. The maximum absolute atomic E-state index is 12.3. The first kappa shape index (κ1) is 30.6. The third-order valence-electron chi connectivity index (χ3n) is 8.77. The third-order valence-corrected chi connectivity index (χ3v) is 8.77. The molecule has 0 amide bonds. The summed E-state index contributed by atoms with van der Waals surface area (Å²) in [6.45, 7) is 0. The molecule has 0 saturated heterocycles. The van der Waals surface area contributed by atoms with Crippen molar-refractivity contribution in [3.63, 3.8) is 0 Å². The monoisotopic (exact) mass is 682 g/mol. The fraction of sp³-hybridized carbons (Fsp3) is 0. The lowest BCUT2D eigenvalue weighted by Gasteiger charge is -2.18. The molecule has 0 fully saturated rings. The molecule has 6 aromatic carbocycles. The average molecular weight is 683 g/mol. The number of aliphatic imine (C=N–C) groups is 2. The topological polar surface area (TPSA) is 130 Å². The minimum Gasteiger partial charge on any atom is -0.456 e. The second-order valence-corrected chi connectivity index (χ2v) is 11.9. The molecular weight excluding hydrogens is 660 g/mol. The van der Waals surface area contributed by atoms with Gasteiger partial charge in [0.25, 0.3) is 0 Å². The zero-order valence-electron chi connectivity index (χ0n) is 26.9. The number of cyclic esters (lactones) is 4. The predicted octanol–water partition coefficient (Wildman–Crippen LogP) is 8.54. The molecule has 10 nitrogen and oxygen atoms in total. The summed E-state index contributed by atoms with van der Waals surface area (Å²) in [4.78, 5) is 59.0. The largest absolute Gasteiger partial charge is 0.456 e. The van der Waals surface area contributed by atoms with Gasteiger partial charge in [0.05, 0.1) is 33.9 Å². The van der Waals surface area contributed by atoms with E-state index in [0.29, 0.717) is 34.3 Å². The van der Waals surface area contributed by atoms with Crippen LogP contribution in [-0.4, -0.2) is 35.3 Å². The van der Waals surface area contributed by atoms with Gasteiger partial charge < -0.3 is 18.9 Å². The Labute approximate surface area is 295 Å². The minimum absolute atomic E-state index is 0.103. The highest BCUT2D eigenvalue weighted by Gasteiger charge is 2.34. The molecule has 9 rings (SSSR count). The molecule has 3 aliphatic heterocycles. The van der Waals surface area contributed by atoms with E-state index in [9.17, 15) is 19.2 Å². The second kappa shape index (κ2) is 12.1. The number of hydrogen-bond donors (Lipinski definition) is 0. The molecule has 0 bridgehead atoms. The highest BCUT2D eigenvalue weighted by atomic mass is 16.6. The van der Waals surface area contributed by atoms with Gasteiger partial charge in [-0.3, -0.25) is 0 Å². The molecule has 6 aromatic rings. The van der Waals surface area contributed by atoms with Gasteiger partial charge >= 0.3 is 23.9 Å². The number of benzene rings is 6. The summed E-state index contributed by atoms with van der Waals surface area (Å²) in [5.74, 6) is -1.48. The van der Waals surface area contributed by atoms with Crippen LogP contribution in [0.1, 0.15) is 63.7 Å². The molecule has 0 aromatic heterocycles. The Hall–Kier alpha value is -7.46. The summed E-state index contributed by atoms with van der Waals surface area (Å²) < 4.78 is 21.6. The van der Waals surface area contributed by atoms with Crippen LogP contribution < -0.4 is 9.47 Å². The first-order valence-corrected chi connectivity index (χ1v) is 16.1. The Morgan fingerprint density at radius 2 is 0.769 bits per heavy atom. The number of nitrogens with zero attached hydrogens (tertiary/aromatic N) is 2. The van der Waals surface area contributed by atoms with Crippen LogP contribution >= 0.6 is 0 Å². The summed E-state index contributed by atoms with van der Waals surface area (Å²) in [5.41, 5.74) is 6.59. The first-order valence-electron chi connectivity index (χ1n) is 16.1.